The minimum atomic E-state index is -0.318. The first-order valence-corrected chi connectivity index (χ1v) is 4.70. The predicted molar refractivity (Wildman–Crippen MR) is 55.2 cm³/mol. The van der Waals surface area contributed by atoms with E-state index in [-0.39, 0.29) is 12.4 Å². The summed E-state index contributed by atoms with van der Waals surface area (Å²) in [4.78, 5) is 9.79. The number of halogens is 2. The van der Waals surface area contributed by atoms with E-state index in [9.17, 15) is 9.18 Å². The fourth-order valence-corrected chi connectivity index (χ4v) is 1.24. The number of carbonyl (C=O) groups excluding carboxylic acids is 1. The molecule has 1 aromatic rings. The lowest BCUT2D eigenvalue weighted by Gasteiger charge is -1.97. The van der Waals surface area contributed by atoms with Gasteiger partial charge < -0.3 is 4.74 Å². The largest absolute Gasteiger partial charge is 0.464 e. The minimum absolute atomic E-state index is 0.152. The van der Waals surface area contributed by atoms with E-state index >= 15 is 0 Å². The van der Waals surface area contributed by atoms with Crippen molar-refractivity contribution in [1.82, 2.24) is 0 Å². The van der Waals surface area contributed by atoms with Gasteiger partial charge in [0.15, 0.2) is 0 Å². The van der Waals surface area contributed by atoms with Crippen molar-refractivity contribution in [1.29, 1.82) is 0 Å². The molecule has 0 amide bonds. The predicted octanol–water partition coefficient (Wildman–Crippen LogP) is 2.77. The average Bonchev–Trinajstić information content (AvgIpc) is 2.15. The van der Waals surface area contributed by atoms with E-state index in [1.165, 1.54) is 6.07 Å². The first-order valence-electron chi connectivity index (χ1n) is 3.91. The lowest BCUT2D eigenvalue weighted by atomic mass is 10.2. The summed E-state index contributed by atoms with van der Waals surface area (Å²) >= 11 is 3.15. The highest BCUT2D eigenvalue weighted by atomic mass is 79.9. The van der Waals surface area contributed by atoms with Crippen LogP contribution in [0.25, 0.3) is 6.08 Å². The molecule has 0 spiro atoms. The van der Waals surface area contributed by atoms with Gasteiger partial charge >= 0.3 is 0 Å². The molecule has 2 nitrogen and oxygen atoms in total. The van der Waals surface area contributed by atoms with Crippen LogP contribution in [-0.4, -0.2) is 13.1 Å². The van der Waals surface area contributed by atoms with Gasteiger partial charge in [0, 0.05) is 10.0 Å². The van der Waals surface area contributed by atoms with Crippen molar-refractivity contribution in [2.24, 2.45) is 0 Å². The summed E-state index contributed by atoms with van der Waals surface area (Å²) in [6.45, 7) is 0.501. The van der Waals surface area contributed by atoms with Crippen molar-refractivity contribution in [3.05, 3.63) is 40.1 Å². The molecular formula is C10H8BrFO2. The van der Waals surface area contributed by atoms with Crippen LogP contribution < -0.4 is 0 Å². The molecule has 0 saturated carbocycles. The number of ether oxygens (including phenoxy) is 1. The standard InChI is InChI=1S/C10H8BrFO2/c11-9-4-3-8(10(12)6-9)2-1-5-14-7-13/h1-4,6-7H,5H2. The van der Waals surface area contributed by atoms with Gasteiger partial charge in [-0.1, -0.05) is 28.1 Å². The maximum absolute atomic E-state index is 13.2. The quantitative estimate of drug-likeness (QED) is 0.613. The molecule has 0 bridgehead atoms. The zero-order chi connectivity index (χ0) is 10.4. The molecule has 74 valence electrons. The molecule has 0 fully saturated rings. The van der Waals surface area contributed by atoms with Gasteiger partial charge in [0.05, 0.1) is 0 Å². The fourth-order valence-electron chi connectivity index (χ4n) is 0.907. The van der Waals surface area contributed by atoms with Crippen LogP contribution in [0.3, 0.4) is 0 Å². The van der Waals surface area contributed by atoms with Gasteiger partial charge in [-0.3, -0.25) is 4.79 Å². The van der Waals surface area contributed by atoms with Crippen molar-refractivity contribution < 1.29 is 13.9 Å². The molecule has 0 unspecified atom stereocenters. The van der Waals surface area contributed by atoms with E-state index in [4.69, 9.17) is 0 Å². The van der Waals surface area contributed by atoms with Gasteiger partial charge in [0.25, 0.3) is 6.47 Å². The van der Waals surface area contributed by atoms with Gasteiger partial charge in [-0.15, -0.1) is 0 Å². The zero-order valence-corrected chi connectivity index (χ0v) is 8.83. The van der Waals surface area contributed by atoms with Crippen molar-refractivity contribution >= 4 is 28.5 Å². The maximum Gasteiger partial charge on any atom is 0.293 e. The number of hydrogen-bond donors (Lipinski definition) is 0. The number of rotatable bonds is 4. The van der Waals surface area contributed by atoms with E-state index in [2.05, 4.69) is 20.7 Å². The molecule has 4 heteroatoms. The Labute approximate surface area is 89.5 Å². The summed E-state index contributed by atoms with van der Waals surface area (Å²) in [6.07, 6.45) is 3.13. The normalized spacial score (nSPS) is 10.4. The maximum atomic E-state index is 13.2. The third-order valence-electron chi connectivity index (χ3n) is 1.52. The highest BCUT2D eigenvalue weighted by Gasteiger charge is 1.97. The highest BCUT2D eigenvalue weighted by Crippen LogP contribution is 2.16. The molecule has 0 N–H and O–H groups in total. The van der Waals surface area contributed by atoms with Crippen LogP contribution in [0.5, 0.6) is 0 Å². The summed E-state index contributed by atoms with van der Waals surface area (Å²) < 4.78 is 18.3. The first kappa shape index (κ1) is 10.9. The van der Waals surface area contributed by atoms with E-state index < -0.39 is 0 Å². The smallest absolute Gasteiger partial charge is 0.293 e. The van der Waals surface area contributed by atoms with Crippen LogP contribution in [0.1, 0.15) is 5.56 Å². The molecule has 1 aromatic carbocycles. The second-order valence-electron chi connectivity index (χ2n) is 2.50. The Morgan fingerprint density at radius 3 is 2.93 bits per heavy atom. The Morgan fingerprint density at radius 1 is 1.50 bits per heavy atom. The highest BCUT2D eigenvalue weighted by molar-refractivity contribution is 9.10. The van der Waals surface area contributed by atoms with E-state index in [1.807, 2.05) is 0 Å². The van der Waals surface area contributed by atoms with Crippen LogP contribution in [0.15, 0.2) is 28.7 Å². The van der Waals surface area contributed by atoms with Crippen LogP contribution >= 0.6 is 15.9 Å². The zero-order valence-electron chi connectivity index (χ0n) is 7.24. The third kappa shape index (κ3) is 3.30. The monoisotopic (exact) mass is 258 g/mol. The molecule has 0 heterocycles. The first-order chi connectivity index (χ1) is 6.74. The number of benzene rings is 1. The summed E-state index contributed by atoms with van der Waals surface area (Å²) in [6, 6.07) is 4.75. The van der Waals surface area contributed by atoms with E-state index in [0.717, 1.165) is 0 Å². The molecule has 0 radical (unpaired) electrons. The third-order valence-corrected chi connectivity index (χ3v) is 2.01. The van der Waals surface area contributed by atoms with E-state index in [1.54, 1.807) is 24.3 Å². The Kier molecular flexibility index (Phi) is 4.32. The van der Waals surface area contributed by atoms with Crippen LogP contribution in [0, 0.1) is 5.82 Å². The van der Waals surface area contributed by atoms with Gasteiger partial charge in [-0.2, -0.15) is 0 Å². The Morgan fingerprint density at radius 2 is 2.29 bits per heavy atom. The minimum Gasteiger partial charge on any atom is -0.464 e. The van der Waals surface area contributed by atoms with E-state index in [0.29, 0.717) is 16.5 Å². The molecule has 14 heavy (non-hydrogen) atoms. The van der Waals surface area contributed by atoms with Crippen molar-refractivity contribution in [3.8, 4) is 0 Å². The molecule has 0 aromatic heterocycles. The SMILES string of the molecule is O=COCC=Cc1ccc(Br)cc1F. The van der Waals surface area contributed by atoms with Gasteiger partial charge in [0.1, 0.15) is 12.4 Å². The molecule has 1 rings (SSSR count). The summed E-state index contributed by atoms with van der Waals surface area (Å²) in [5, 5.41) is 0. The Bertz CT molecular complexity index is 350. The number of hydrogen-bond acceptors (Lipinski definition) is 2. The lowest BCUT2D eigenvalue weighted by molar-refractivity contribution is -0.127. The van der Waals surface area contributed by atoms with Crippen LogP contribution in [0.4, 0.5) is 4.39 Å². The van der Waals surface area contributed by atoms with Crippen LogP contribution in [-0.2, 0) is 9.53 Å². The summed E-state index contributed by atoms with van der Waals surface area (Å²) in [5.41, 5.74) is 0.461. The molecule has 0 aliphatic carbocycles. The average molecular weight is 259 g/mol. The van der Waals surface area contributed by atoms with Crippen molar-refractivity contribution in [2.45, 2.75) is 0 Å². The molecular weight excluding hydrogens is 251 g/mol. The summed E-state index contributed by atoms with van der Waals surface area (Å²) in [7, 11) is 0. The fraction of sp³-hybridized carbons (Fsp3) is 0.100. The molecule has 0 aliphatic heterocycles. The van der Waals surface area contributed by atoms with Gasteiger partial charge in [-0.05, 0) is 18.2 Å². The Hall–Kier alpha value is -1.16. The lowest BCUT2D eigenvalue weighted by Crippen LogP contribution is -1.86. The van der Waals surface area contributed by atoms with Crippen molar-refractivity contribution in [2.75, 3.05) is 6.61 Å². The van der Waals surface area contributed by atoms with Gasteiger partial charge in [-0.25, -0.2) is 4.39 Å². The van der Waals surface area contributed by atoms with Crippen molar-refractivity contribution in [3.63, 3.8) is 0 Å². The molecule has 0 atom stereocenters. The topological polar surface area (TPSA) is 26.3 Å². The Balaban J connectivity index is 2.67. The van der Waals surface area contributed by atoms with Gasteiger partial charge in [0.2, 0.25) is 0 Å². The second kappa shape index (κ2) is 5.54. The number of carbonyl (C=O) groups is 1. The summed E-state index contributed by atoms with van der Waals surface area (Å²) in [5.74, 6) is -0.318. The molecule has 0 aliphatic rings. The van der Waals surface area contributed by atoms with Crippen LogP contribution in [0.2, 0.25) is 0 Å². The molecule has 0 saturated heterocycles. The second-order valence-corrected chi connectivity index (χ2v) is 3.41.